The third kappa shape index (κ3) is 24.1. The zero-order valence-electron chi connectivity index (χ0n) is 64.9. The fourth-order valence-corrected chi connectivity index (χ4v) is 13.0. The molecule has 0 unspecified atom stereocenters. The molecule has 14 rings (SSSR count). The Morgan fingerprint density at radius 3 is 0.757 bits per heavy atom. The van der Waals surface area contributed by atoms with Crippen molar-refractivity contribution in [1.29, 1.82) is 0 Å². The molecule has 0 aliphatic rings. The van der Waals surface area contributed by atoms with Gasteiger partial charge in [-0.05, 0) is 243 Å². The molecule has 0 heteroatoms. The van der Waals surface area contributed by atoms with Gasteiger partial charge in [0.25, 0.3) is 0 Å². The van der Waals surface area contributed by atoms with Crippen molar-refractivity contribution in [2.24, 2.45) is 0 Å². The summed E-state index contributed by atoms with van der Waals surface area (Å²) in [5, 5.41) is 0. The average Bonchev–Trinajstić information content (AvgIpc) is 0.824. The Balaban J connectivity index is 0.000000152. The highest BCUT2D eigenvalue weighted by molar-refractivity contribution is 5.74. The first-order chi connectivity index (χ1) is 49.3. The highest BCUT2D eigenvalue weighted by atomic mass is 14.1. The molecule has 0 aromatic heterocycles. The number of aryl methyl sites for hydroxylation is 19. The predicted octanol–water partition coefficient (Wildman–Crippen LogP) is 29.3. The Bertz CT molecular complexity index is 4830. The maximum Gasteiger partial charge on any atom is -0.0125 e. The first-order valence-corrected chi connectivity index (χ1v) is 36.3. The van der Waals surface area contributed by atoms with Gasteiger partial charge in [0, 0.05) is 0 Å². The van der Waals surface area contributed by atoms with Crippen LogP contribution in [0.5, 0.6) is 0 Å². The van der Waals surface area contributed by atoms with Crippen LogP contribution in [0.1, 0.15) is 106 Å². The summed E-state index contributed by atoms with van der Waals surface area (Å²) < 4.78 is 0. The third-order valence-corrected chi connectivity index (χ3v) is 18.5. The maximum atomic E-state index is 2.25. The minimum absolute atomic E-state index is 1.29. The summed E-state index contributed by atoms with van der Waals surface area (Å²) >= 11 is 0. The van der Waals surface area contributed by atoms with E-state index < -0.39 is 0 Å². The van der Waals surface area contributed by atoms with Gasteiger partial charge in [-0.15, -0.1) is 0 Å². The molecule has 0 saturated heterocycles. The van der Waals surface area contributed by atoms with E-state index in [-0.39, 0.29) is 0 Å². The van der Waals surface area contributed by atoms with Crippen LogP contribution in [0.25, 0.3) is 77.9 Å². The van der Waals surface area contributed by atoms with Crippen molar-refractivity contribution >= 4 is 0 Å². The summed E-state index contributed by atoms with van der Waals surface area (Å²) in [7, 11) is 0. The molecular weight excluding hydrogens is 1240 g/mol. The van der Waals surface area contributed by atoms with E-state index in [1.165, 1.54) is 184 Å². The third-order valence-electron chi connectivity index (χ3n) is 18.5. The fraction of sp³-hybridized carbons (Fsp3) is 0.184. The molecule has 14 aromatic rings. The largest absolute Gasteiger partial charge is 0.0620 e. The molecule has 0 radical (unpaired) electrons. The molecule has 0 aliphatic heterocycles. The van der Waals surface area contributed by atoms with Gasteiger partial charge in [0.2, 0.25) is 0 Å². The van der Waals surface area contributed by atoms with E-state index in [1.807, 2.05) is 0 Å². The molecule has 0 atom stereocenters. The molecule has 0 spiro atoms. The van der Waals surface area contributed by atoms with Crippen molar-refractivity contribution < 1.29 is 0 Å². The summed E-state index contributed by atoms with van der Waals surface area (Å²) in [6.07, 6.45) is 0. The second-order valence-corrected chi connectivity index (χ2v) is 28.4. The van der Waals surface area contributed by atoms with Crippen LogP contribution in [0, 0.1) is 132 Å². The minimum Gasteiger partial charge on any atom is -0.0620 e. The number of benzene rings is 14. The van der Waals surface area contributed by atoms with Crippen molar-refractivity contribution in [3.63, 3.8) is 0 Å². The lowest BCUT2D eigenvalue weighted by Crippen LogP contribution is -1.90. The Hall–Kier alpha value is -10.9. The molecule has 0 aliphatic carbocycles. The van der Waals surface area contributed by atoms with Gasteiger partial charge in [-0.3, -0.25) is 0 Å². The minimum atomic E-state index is 1.29. The van der Waals surface area contributed by atoms with Crippen molar-refractivity contribution in [2.45, 2.75) is 132 Å². The topological polar surface area (TPSA) is 0 Å². The number of rotatable bonds is 7. The lowest BCUT2D eigenvalue weighted by atomic mass is 9.93. The van der Waals surface area contributed by atoms with E-state index in [2.05, 4.69) is 441 Å². The van der Waals surface area contributed by atoms with Gasteiger partial charge in [0.1, 0.15) is 0 Å². The second kappa shape index (κ2) is 38.2. The first-order valence-electron chi connectivity index (χ1n) is 36.3. The lowest BCUT2D eigenvalue weighted by Gasteiger charge is -2.11. The van der Waals surface area contributed by atoms with Gasteiger partial charge in [0.05, 0.1) is 0 Å². The first kappa shape index (κ1) is 77.8. The molecule has 0 saturated carbocycles. The summed E-state index contributed by atoms with van der Waals surface area (Å²) in [4.78, 5) is 0. The highest BCUT2D eigenvalue weighted by Crippen LogP contribution is 2.32. The Morgan fingerprint density at radius 2 is 0.379 bits per heavy atom. The lowest BCUT2D eigenvalue weighted by molar-refractivity contribution is 1.32. The van der Waals surface area contributed by atoms with E-state index in [1.54, 1.807) is 0 Å². The molecule has 0 amide bonds. The van der Waals surface area contributed by atoms with Gasteiger partial charge in [-0.25, -0.2) is 0 Å². The van der Waals surface area contributed by atoms with Gasteiger partial charge in [0.15, 0.2) is 0 Å². The molecule has 0 fully saturated rings. The van der Waals surface area contributed by atoms with Crippen molar-refractivity contribution in [3.8, 4) is 77.9 Å². The van der Waals surface area contributed by atoms with Crippen LogP contribution in [-0.4, -0.2) is 0 Å². The van der Waals surface area contributed by atoms with E-state index in [0.29, 0.717) is 0 Å². The maximum absolute atomic E-state index is 2.25. The van der Waals surface area contributed by atoms with Crippen LogP contribution in [0.4, 0.5) is 0 Å². The van der Waals surface area contributed by atoms with E-state index in [0.717, 1.165) is 0 Å². The second-order valence-electron chi connectivity index (χ2n) is 28.4. The highest BCUT2D eigenvalue weighted by Gasteiger charge is 2.09. The zero-order valence-corrected chi connectivity index (χ0v) is 64.9. The summed E-state index contributed by atoms with van der Waals surface area (Å²) in [6.45, 7) is 40.7. The monoisotopic (exact) mass is 1340 g/mol. The van der Waals surface area contributed by atoms with Gasteiger partial charge < -0.3 is 0 Å². The van der Waals surface area contributed by atoms with Crippen molar-refractivity contribution in [2.75, 3.05) is 0 Å². The molecule has 0 heterocycles. The predicted molar refractivity (Wildman–Crippen MR) is 453 cm³/mol. The van der Waals surface area contributed by atoms with Crippen molar-refractivity contribution in [3.05, 3.63) is 415 Å². The molecule has 520 valence electrons. The van der Waals surface area contributed by atoms with E-state index in [4.69, 9.17) is 0 Å². The molecule has 0 bridgehead atoms. The summed E-state index contributed by atoms with van der Waals surface area (Å²) in [6, 6.07) is 111. The normalized spacial score (nSPS) is 10.3. The Kier molecular flexibility index (Phi) is 28.9. The van der Waals surface area contributed by atoms with Gasteiger partial charge in [-0.2, -0.15) is 0 Å². The Labute approximate surface area is 620 Å². The molecule has 14 aromatic carbocycles. The molecule has 0 nitrogen and oxygen atoms in total. The van der Waals surface area contributed by atoms with Gasteiger partial charge >= 0.3 is 0 Å². The van der Waals surface area contributed by atoms with E-state index >= 15 is 0 Å². The molecule has 0 N–H and O–H groups in total. The quantitative estimate of drug-likeness (QED) is 0.149. The Morgan fingerprint density at radius 1 is 0.117 bits per heavy atom. The van der Waals surface area contributed by atoms with Crippen LogP contribution in [-0.2, 0) is 0 Å². The van der Waals surface area contributed by atoms with Crippen molar-refractivity contribution in [1.82, 2.24) is 0 Å². The average molecular weight is 1350 g/mol. The summed E-state index contributed by atoms with van der Waals surface area (Å²) in [5.74, 6) is 0. The smallest absolute Gasteiger partial charge is 0.0125 e. The van der Waals surface area contributed by atoms with Gasteiger partial charge in [-0.1, -0.05) is 382 Å². The fourth-order valence-electron chi connectivity index (χ4n) is 13.0. The van der Waals surface area contributed by atoms with Crippen LogP contribution in [0.3, 0.4) is 0 Å². The molecule has 103 heavy (non-hydrogen) atoms. The van der Waals surface area contributed by atoms with Crippen LogP contribution >= 0.6 is 0 Å². The molecular formula is C103H108. The van der Waals surface area contributed by atoms with E-state index in [9.17, 15) is 0 Å². The summed E-state index contributed by atoms with van der Waals surface area (Å²) in [5.41, 5.74) is 43.6. The number of hydrogen-bond donors (Lipinski definition) is 0. The van der Waals surface area contributed by atoms with Crippen LogP contribution in [0.15, 0.2) is 309 Å². The van der Waals surface area contributed by atoms with Crippen LogP contribution < -0.4 is 0 Å². The van der Waals surface area contributed by atoms with Crippen LogP contribution in [0.2, 0.25) is 0 Å². The SMILES string of the molecule is Cc1ccc(-c2c(C)cc(C)cc2C)cc1.Cc1ccc(-c2c(C)cccc2C)cc1.Cc1ccc(-c2cc(C)cc(C)c2)cc1.Cc1ccc(-c2ccc(C)cc2)cc1.Cc1ccc(-c2ccc(C)cc2C)cc1.Cc1cccc(-c2cccc(C)c2)c1.Cc1cccc(-c2ccccc2C)c1. The number of hydrogen-bond acceptors (Lipinski definition) is 0. The standard InChI is InChI=1S/C16H18.3C15H16.3C14H14/c1-11-5-7-15(8-6-11)16-13(3)9-12(2)10-14(16)4;1-11-4-7-14(8-5-11)15-9-6-12(2)10-13(15)3;1-11-4-6-14(7-5-11)15-9-12(2)8-13(3)10-15;1-11-7-9-14(10-8-11)15-12(2)5-4-6-13(15)3;1-11-3-7-13(8-4-11)14-9-5-12(2)6-10-14;1-11-5-3-7-13(9-11)14-8-4-6-12(2)10-14;1-11-6-5-8-13(10-11)14-9-4-3-7-12(14)2/h5-10H,1-4H3;3*4-10H,1-3H3;3*3-10H,1-2H3. The zero-order chi connectivity index (χ0) is 74.1.